The van der Waals surface area contributed by atoms with Crippen molar-refractivity contribution in [1.82, 2.24) is 4.90 Å². The molecule has 0 aromatic heterocycles. The zero-order chi connectivity index (χ0) is 17.9. The number of hydrogen-bond donors (Lipinski definition) is 2. The fraction of sp³-hybridized carbons (Fsp3) is 0.667. The fourth-order valence-electron chi connectivity index (χ4n) is 5.13. The quantitative estimate of drug-likeness (QED) is 0.852. The van der Waals surface area contributed by atoms with E-state index in [9.17, 15) is 9.90 Å². The SMILES string of the molecule is O=C(C[NH+]1CCN(c2ccccc2O)CC1)N1CC[C@@H]2CCCC[C@H]2C1. The Balaban J connectivity index is 1.26. The highest BCUT2D eigenvalue weighted by molar-refractivity contribution is 5.77. The number of benzene rings is 1. The number of likely N-dealkylation sites (tertiary alicyclic amines) is 1. The first-order valence-corrected chi connectivity index (χ1v) is 10.3. The number of hydrogen-bond acceptors (Lipinski definition) is 3. The Labute approximate surface area is 156 Å². The standard InChI is InChI=1S/C21H31N3O2/c25-20-8-4-3-7-19(20)23-13-11-22(12-14-23)16-21(26)24-10-9-17-5-1-2-6-18(17)15-24/h3-4,7-8,17-18,25H,1-2,5-6,9-16H2/p+1/t17-,18-/m0/s1. The van der Waals surface area contributed by atoms with Crippen molar-refractivity contribution in [2.75, 3.05) is 50.7 Å². The van der Waals surface area contributed by atoms with Crippen LogP contribution in [0.5, 0.6) is 5.75 Å². The molecule has 2 aliphatic heterocycles. The Morgan fingerprint density at radius 3 is 2.54 bits per heavy atom. The van der Waals surface area contributed by atoms with Crippen LogP contribution in [0.4, 0.5) is 5.69 Å². The maximum Gasteiger partial charge on any atom is 0.277 e. The van der Waals surface area contributed by atoms with Crippen LogP contribution in [0.3, 0.4) is 0 Å². The molecule has 0 spiro atoms. The number of phenolic OH excluding ortho intramolecular Hbond substituents is 1. The molecule has 3 fully saturated rings. The molecule has 1 aromatic rings. The van der Waals surface area contributed by atoms with Crippen LogP contribution in [0.15, 0.2) is 24.3 Å². The summed E-state index contributed by atoms with van der Waals surface area (Å²) in [5.41, 5.74) is 0.914. The first-order chi connectivity index (χ1) is 12.7. The van der Waals surface area contributed by atoms with Crippen molar-refractivity contribution >= 4 is 11.6 Å². The van der Waals surface area contributed by atoms with E-state index in [-0.39, 0.29) is 0 Å². The Kier molecular flexibility index (Phi) is 5.34. The van der Waals surface area contributed by atoms with E-state index in [1.807, 2.05) is 18.2 Å². The lowest BCUT2D eigenvalue weighted by molar-refractivity contribution is -0.892. The van der Waals surface area contributed by atoms with Gasteiger partial charge in [-0.05, 0) is 36.8 Å². The maximum absolute atomic E-state index is 12.8. The number of nitrogens with one attached hydrogen (secondary N) is 1. The van der Waals surface area contributed by atoms with Crippen LogP contribution in [0.25, 0.3) is 0 Å². The molecule has 26 heavy (non-hydrogen) atoms. The third kappa shape index (κ3) is 3.83. The number of rotatable bonds is 3. The van der Waals surface area contributed by atoms with Gasteiger partial charge >= 0.3 is 0 Å². The Morgan fingerprint density at radius 2 is 1.77 bits per heavy atom. The zero-order valence-electron chi connectivity index (χ0n) is 15.7. The van der Waals surface area contributed by atoms with E-state index >= 15 is 0 Å². The smallest absolute Gasteiger partial charge is 0.277 e. The highest BCUT2D eigenvalue weighted by Gasteiger charge is 2.34. The first-order valence-electron chi connectivity index (χ1n) is 10.3. The monoisotopic (exact) mass is 358 g/mol. The lowest BCUT2D eigenvalue weighted by atomic mass is 9.75. The van der Waals surface area contributed by atoms with Crippen molar-refractivity contribution in [3.63, 3.8) is 0 Å². The molecule has 142 valence electrons. The summed E-state index contributed by atoms with van der Waals surface area (Å²) in [5.74, 6) is 2.33. The molecule has 2 heterocycles. The van der Waals surface area contributed by atoms with Crippen molar-refractivity contribution < 1.29 is 14.8 Å². The number of piperidine rings is 1. The molecule has 2 N–H and O–H groups in total. The zero-order valence-corrected chi connectivity index (χ0v) is 15.7. The Hall–Kier alpha value is -1.75. The molecule has 3 aliphatic rings. The van der Waals surface area contributed by atoms with Crippen molar-refractivity contribution in [2.24, 2.45) is 11.8 Å². The number of fused-ring (bicyclic) bond motifs is 1. The average Bonchev–Trinajstić information content (AvgIpc) is 2.69. The average molecular weight is 359 g/mol. The molecule has 1 saturated carbocycles. The van der Waals surface area contributed by atoms with Gasteiger partial charge in [0.2, 0.25) is 0 Å². The molecule has 4 rings (SSSR count). The third-order valence-corrected chi connectivity index (χ3v) is 6.74. The van der Waals surface area contributed by atoms with Gasteiger partial charge in [-0.15, -0.1) is 0 Å². The number of anilines is 1. The van der Waals surface area contributed by atoms with Gasteiger partial charge in [0, 0.05) is 13.1 Å². The van der Waals surface area contributed by atoms with E-state index in [1.165, 1.54) is 37.0 Å². The minimum Gasteiger partial charge on any atom is -0.506 e. The highest BCUT2D eigenvalue weighted by Crippen LogP contribution is 2.35. The van der Waals surface area contributed by atoms with Crippen molar-refractivity contribution in [2.45, 2.75) is 32.1 Å². The van der Waals surface area contributed by atoms with Crippen molar-refractivity contribution in [3.05, 3.63) is 24.3 Å². The van der Waals surface area contributed by atoms with Crippen LogP contribution in [-0.4, -0.2) is 61.7 Å². The number of para-hydroxylation sites is 2. The summed E-state index contributed by atoms with van der Waals surface area (Å²) >= 11 is 0. The normalized spacial score (nSPS) is 27.2. The molecule has 1 aliphatic carbocycles. The van der Waals surface area contributed by atoms with Gasteiger partial charge in [0.1, 0.15) is 5.75 Å². The second kappa shape index (κ2) is 7.87. The Morgan fingerprint density at radius 1 is 1.04 bits per heavy atom. The van der Waals surface area contributed by atoms with Crippen molar-refractivity contribution in [3.8, 4) is 5.75 Å². The molecule has 0 unspecified atom stereocenters. The predicted octanol–water partition coefficient (Wildman–Crippen LogP) is 1.14. The van der Waals surface area contributed by atoms with Gasteiger partial charge in [0.25, 0.3) is 5.91 Å². The number of phenols is 1. The predicted molar refractivity (Wildman–Crippen MR) is 103 cm³/mol. The van der Waals surface area contributed by atoms with Gasteiger partial charge in [0.05, 0.1) is 31.9 Å². The fourth-order valence-corrected chi connectivity index (χ4v) is 5.13. The van der Waals surface area contributed by atoms with Gasteiger partial charge < -0.3 is 19.8 Å². The maximum atomic E-state index is 12.8. The largest absolute Gasteiger partial charge is 0.506 e. The molecule has 2 atom stereocenters. The molecule has 0 bridgehead atoms. The third-order valence-electron chi connectivity index (χ3n) is 6.74. The lowest BCUT2D eigenvalue weighted by Crippen LogP contribution is -3.16. The molecule has 1 amide bonds. The van der Waals surface area contributed by atoms with Crippen LogP contribution < -0.4 is 9.80 Å². The second-order valence-electron chi connectivity index (χ2n) is 8.34. The van der Waals surface area contributed by atoms with E-state index in [0.717, 1.165) is 56.8 Å². The van der Waals surface area contributed by atoms with Crippen LogP contribution >= 0.6 is 0 Å². The summed E-state index contributed by atoms with van der Waals surface area (Å²) in [6, 6.07) is 7.54. The summed E-state index contributed by atoms with van der Waals surface area (Å²) in [4.78, 5) is 18.6. The van der Waals surface area contributed by atoms with Gasteiger partial charge in [-0.2, -0.15) is 0 Å². The van der Waals surface area contributed by atoms with Crippen LogP contribution in [-0.2, 0) is 4.79 Å². The minimum atomic E-state index is 0.347. The van der Waals surface area contributed by atoms with Gasteiger partial charge in [-0.1, -0.05) is 31.4 Å². The molecule has 5 nitrogen and oxygen atoms in total. The van der Waals surface area contributed by atoms with E-state index in [0.29, 0.717) is 18.2 Å². The number of amides is 1. The number of aromatic hydroxyl groups is 1. The molecule has 2 saturated heterocycles. The topological polar surface area (TPSA) is 48.2 Å². The summed E-state index contributed by atoms with van der Waals surface area (Å²) < 4.78 is 0. The molecular weight excluding hydrogens is 326 g/mol. The van der Waals surface area contributed by atoms with E-state index < -0.39 is 0 Å². The number of carbonyl (C=O) groups excluding carboxylic acids is 1. The van der Waals surface area contributed by atoms with E-state index in [1.54, 1.807) is 6.07 Å². The summed E-state index contributed by atoms with van der Waals surface area (Å²) in [6.07, 6.45) is 6.66. The summed E-state index contributed by atoms with van der Waals surface area (Å²) in [5, 5.41) is 10.0. The molecule has 1 aromatic carbocycles. The highest BCUT2D eigenvalue weighted by atomic mass is 16.3. The van der Waals surface area contributed by atoms with Gasteiger partial charge in [-0.25, -0.2) is 0 Å². The first kappa shape index (κ1) is 17.7. The number of piperazine rings is 1. The number of nitrogens with zero attached hydrogens (tertiary/aromatic N) is 2. The summed E-state index contributed by atoms with van der Waals surface area (Å²) in [6.45, 7) is 6.31. The molecule has 5 heteroatoms. The molecular formula is C21H32N3O2+. The number of quaternary nitrogens is 1. The van der Waals surface area contributed by atoms with Crippen LogP contribution in [0, 0.1) is 11.8 Å². The minimum absolute atomic E-state index is 0.347. The van der Waals surface area contributed by atoms with Crippen LogP contribution in [0.1, 0.15) is 32.1 Å². The van der Waals surface area contributed by atoms with Crippen molar-refractivity contribution in [1.29, 1.82) is 0 Å². The van der Waals surface area contributed by atoms with E-state index in [2.05, 4.69) is 9.80 Å². The number of carbonyl (C=O) groups is 1. The van der Waals surface area contributed by atoms with Crippen LogP contribution in [0.2, 0.25) is 0 Å². The lowest BCUT2D eigenvalue weighted by Gasteiger charge is -2.41. The Bertz CT molecular complexity index is 627. The second-order valence-corrected chi connectivity index (χ2v) is 8.34. The van der Waals surface area contributed by atoms with Gasteiger partial charge in [0.15, 0.2) is 6.54 Å². The van der Waals surface area contributed by atoms with E-state index in [4.69, 9.17) is 0 Å². The molecule has 0 radical (unpaired) electrons. The van der Waals surface area contributed by atoms with Gasteiger partial charge in [-0.3, -0.25) is 4.79 Å². The summed E-state index contributed by atoms with van der Waals surface area (Å²) in [7, 11) is 0.